The molecule has 0 spiro atoms. The molecule has 0 fully saturated rings. The van der Waals surface area contributed by atoms with Crippen LogP contribution < -0.4 is 16.0 Å². The summed E-state index contributed by atoms with van der Waals surface area (Å²) in [7, 11) is 1.22. The average Bonchev–Trinajstić information content (AvgIpc) is 2.61. The van der Waals surface area contributed by atoms with Gasteiger partial charge in [0.25, 0.3) is 5.56 Å². The number of fused-ring (bicyclic) bond motifs is 1. The van der Waals surface area contributed by atoms with Crippen LogP contribution in [-0.4, -0.2) is 17.9 Å². The van der Waals surface area contributed by atoms with E-state index in [9.17, 15) is 18.4 Å². The SMILES string of the molecule is COc1c(C(C)N)cc(F)c(C(=O)c2cccc3c(=O)[nH]ccc23)c1F. The Morgan fingerprint density at radius 2 is 1.96 bits per heavy atom. The van der Waals surface area contributed by atoms with Crippen molar-refractivity contribution in [3.05, 3.63) is 75.2 Å². The number of methoxy groups -OCH3 is 1. The molecule has 1 aromatic heterocycles. The monoisotopic (exact) mass is 358 g/mol. The lowest BCUT2D eigenvalue weighted by molar-refractivity contribution is 0.103. The quantitative estimate of drug-likeness (QED) is 0.702. The number of ether oxygens (including phenoxy) is 1. The Morgan fingerprint density at radius 1 is 1.23 bits per heavy atom. The number of aromatic nitrogens is 1. The fraction of sp³-hybridized carbons (Fsp3) is 0.158. The molecule has 134 valence electrons. The number of benzene rings is 2. The van der Waals surface area contributed by atoms with Crippen LogP contribution in [0.3, 0.4) is 0 Å². The molecular weight excluding hydrogens is 342 g/mol. The van der Waals surface area contributed by atoms with Crippen molar-refractivity contribution in [2.24, 2.45) is 5.73 Å². The molecule has 0 radical (unpaired) electrons. The van der Waals surface area contributed by atoms with Crippen LogP contribution in [0.4, 0.5) is 8.78 Å². The second kappa shape index (κ2) is 6.68. The Kier molecular flexibility index (Phi) is 4.56. The van der Waals surface area contributed by atoms with Gasteiger partial charge in [-0.2, -0.15) is 0 Å². The average molecular weight is 358 g/mol. The molecule has 1 atom stereocenters. The second-order valence-corrected chi connectivity index (χ2v) is 5.86. The van der Waals surface area contributed by atoms with Gasteiger partial charge in [-0.05, 0) is 30.5 Å². The highest BCUT2D eigenvalue weighted by Gasteiger charge is 2.27. The van der Waals surface area contributed by atoms with Crippen molar-refractivity contribution in [3.8, 4) is 5.75 Å². The Hall–Kier alpha value is -3.06. The normalized spacial score (nSPS) is 12.2. The first-order valence-electron chi connectivity index (χ1n) is 7.83. The zero-order valence-corrected chi connectivity index (χ0v) is 14.1. The van der Waals surface area contributed by atoms with Gasteiger partial charge < -0.3 is 15.5 Å². The molecule has 3 N–H and O–H groups in total. The highest BCUT2D eigenvalue weighted by molar-refractivity contribution is 6.16. The molecule has 1 unspecified atom stereocenters. The van der Waals surface area contributed by atoms with E-state index in [2.05, 4.69) is 4.98 Å². The van der Waals surface area contributed by atoms with E-state index in [1.165, 1.54) is 37.6 Å². The van der Waals surface area contributed by atoms with Crippen molar-refractivity contribution in [1.82, 2.24) is 4.98 Å². The predicted octanol–water partition coefficient (Wildman–Crippen LogP) is 3.07. The standard InChI is InChI=1S/C19H16F2N2O3/c1-9(22)13-8-14(20)15(16(21)18(13)26-2)17(24)11-4-3-5-12-10(11)6-7-23-19(12)25/h3-9H,22H2,1-2H3,(H,23,25). The molecule has 0 bridgehead atoms. The summed E-state index contributed by atoms with van der Waals surface area (Å²) in [6, 6.07) is 6.24. The Bertz CT molecular complexity index is 1070. The van der Waals surface area contributed by atoms with Gasteiger partial charge in [-0.1, -0.05) is 12.1 Å². The van der Waals surface area contributed by atoms with Gasteiger partial charge in [0.15, 0.2) is 17.3 Å². The summed E-state index contributed by atoms with van der Waals surface area (Å²) in [6.07, 6.45) is 1.37. The summed E-state index contributed by atoms with van der Waals surface area (Å²) in [4.78, 5) is 27.3. The van der Waals surface area contributed by atoms with Crippen molar-refractivity contribution in [2.45, 2.75) is 13.0 Å². The molecule has 3 aromatic rings. The second-order valence-electron chi connectivity index (χ2n) is 5.86. The maximum absolute atomic E-state index is 14.9. The van der Waals surface area contributed by atoms with Gasteiger partial charge in [0.1, 0.15) is 5.82 Å². The maximum atomic E-state index is 14.9. The van der Waals surface area contributed by atoms with Crippen LogP contribution in [0, 0.1) is 11.6 Å². The number of rotatable bonds is 4. The number of halogens is 2. The summed E-state index contributed by atoms with van der Waals surface area (Å²) < 4.78 is 34.4. The third kappa shape index (κ3) is 2.76. The number of H-pyrrole nitrogens is 1. The molecule has 0 saturated carbocycles. The number of carbonyl (C=O) groups excluding carboxylic acids is 1. The van der Waals surface area contributed by atoms with Gasteiger partial charge in [-0.15, -0.1) is 0 Å². The summed E-state index contributed by atoms with van der Waals surface area (Å²) in [5.74, 6) is -3.32. The molecule has 0 aliphatic heterocycles. The predicted molar refractivity (Wildman–Crippen MR) is 93.5 cm³/mol. The molecule has 0 aliphatic carbocycles. The fourth-order valence-corrected chi connectivity index (χ4v) is 2.93. The van der Waals surface area contributed by atoms with Crippen molar-refractivity contribution >= 4 is 16.6 Å². The molecule has 0 amide bonds. The van der Waals surface area contributed by atoms with Gasteiger partial charge in [-0.3, -0.25) is 9.59 Å². The molecule has 0 aliphatic rings. The molecule has 3 rings (SSSR count). The Morgan fingerprint density at radius 3 is 2.62 bits per heavy atom. The van der Waals surface area contributed by atoms with Crippen molar-refractivity contribution in [1.29, 1.82) is 0 Å². The minimum absolute atomic E-state index is 0.0157. The van der Waals surface area contributed by atoms with Crippen LogP contribution >= 0.6 is 0 Å². The van der Waals surface area contributed by atoms with Crippen LogP contribution in [0.15, 0.2) is 41.3 Å². The van der Waals surface area contributed by atoms with E-state index in [1.807, 2.05) is 0 Å². The maximum Gasteiger partial charge on any atom is 0.255 e. The molecule has 7 heteroatoms. The summed E-state index contributed by atoms with van der Waals surface area (Å²) >= 11 is 0. The van der Waals surface area contributed by atoms with Crippen LogP contribution in [0.2, 0.25) is 0 Å². The third-order valence-electron chi connectivity index (χ3n) is 4.18. The van der Waals surface area contributed by atoms with E-state index in [0.717, 1.165) is 6.07 Å². The van der Waals surface area contributed by atoms with Crippen molar-refractivity contribution in [2.75, 3.05) is 7.11 Å². The lowest BCUT2D eigenvalue weighted by atomic mass is 9.95. The minimum atomic E-state index is -1.12. The zero-order valence-electron chi connectivity index (χ0n) is 14.1. The minimum Gasteiger partial charge on any atom is -0.493 e. The Labute approximate surface area is 147 Å². The first-order valence-corrected chi connectivity index (χ1v) is 7.83. The van der Waals surface area contributed by atoms with Gasteiger partial charge in [0, 0.05) is 28.8 Å². The van der Waals surface area contributed by atoms with E-state index < -0.39 is 34.6 Å². The smallest absolute Gasteiger partial charge is 0.255 e. The molecule has 1 heterocycles. The highest BCUT2D eigenvalue weighted by Crippen LogP contribution is 2.33. The largest absolute Gasteiger partial charge is 0.493 e. The van der Waals surface area contributed by atoms with E-state index in [0.29, 0.717) is 5.39 Å². The first kappa shape index (κ1) is 17.8. The van der Waals surface area contributed by atoms with Gasteiger partial charge in [-0.25, -0.2) is 8.78 Å². The van der Waals surface area contributed by atoms with Crippen LogP contribution in [0.25, 0.3) is 10.8 Å². The third-order valence-corrected chi connectivity index (χ3v) is 4.18. The number of nitrogens with two attached hydrogens (primary N) is 1. The van der Waals surface area contributed by atoms with E-state index in [1.54, 1.807) is 6.92 Å². The molecule has 0 saturated heterocycles. The van der Waals surface area contributed by atoms with E-state index >= 15 is 0 Å². The van der Waals surface area contributed by atoms with Crippen LogP contribution in [0.1, 0.15) is 34.5 Å². The number of aromatic amines is 1. The molecule has 2 aromatic carbocycles. The number of carbonyl (C=O) groups is 1. The van der Waals surface area contributed by atoms with Crippen LogP contribution in [0.5, 0.6) is 5.75 Å². The van der Waals surface area contributed by atoms with Crippen molar-refractivity contribution < 1.29 is 18.3 Å². The van der Waals surface area contributed by atoms with Gasteiger partial charge >= 0.3 is 0 Å². The Balaban J connectivity index is 2.27. The van der Waals surface area contributed by atoms with Gasteiger partial charge in [0.2, 0.25) is 0 Å². The lowest BCUT2D eigenvalue weighted by Crippen LogP contribution is -2.15. The van der Waals surface area contributed by atoms with Crippen molar-refractivity contribution in [3.63, 3.8) is 0 Å². The molecule has 26 heavy (non-hydrogen) atoms. The van der Waals surface area contributed by atoms with Gasteiger partial charge in [0.05, 0.1) is 12.7 Å². The molecule has 5 nitrogen and oxygen atoms in total. The fourth-order valence-electron chi connectivity index (χ4n) is 2.93. The number of hydrogen-bond donors (Lipinski definition) is 2. The number of nitrogens with one attached hydrogen (secondary N) is 1. The first-order chi connectivity index (χ1) is 12.4. The number of ketones is 1. The van der Waals surface area contributed by atoms with Crippen LogP contribution in [-0.2, 0) is 0 Å². The lowest BCUT2D eigenvalue weighted by Gasteiger charge is -2.16. The summed E-state index contributed by atoms with van der Waals surface area (Å²) in [6.45, 7) is 1.55. The zero-order chi connectivity index (χ0) is 19.0. The number of pyridine rings is 1. The van der Waals surface area contributed by atoms with E-state index in [4.69, 9.17) is 10.5 Å². The van der Waals surface area contributed by atoms with E-state index in [-0.39, 0.29) is 22.3 Å². The number of hydrogen-bond acceptors (Lipinski definition) is 4. The topological polar surface area (TPSA) is 85.2 Å². The summed E-state index contributed by atoms with van der Waals surface area (Å²) in [5, 5.41) is 0.550. The molecular formula is C19H16F2N2O3. The highest BCUT2D eigenvalue weighted by atomic mass is 19.1. The summed E-state index contributed by atoms with van der Waals surface area (Å²) in [5.41, 5.74) is 4.70.